The highest BCUT2D eigenvalue weighted by Gasteiger charge is 2.09. The predicted octanol–water partition coefficient (Wildman–Crippen LogP) is 1.58. The number of hydrogen-bond donors (Lipinski definition) is 2. The lowest BCUT2D eigenvalue weighted by molar-refractivity contribution is 0.286. The van der Waals surface area contributed by atoms with Gasteiger partial charge in [0.05, 0.1) is 0 Å². The van der Waals surface area contributed by atoms with Crippen molar-refractivity contribution < 1.29 is 18.3 Å². The number of rotatable bonds is 5. The molecule has 2 nitrogen and oxygen atoms in total. The molecule has 0 aliphatic heterocycles. The van der Waals surface area contributed by atoms with Gasteiger partial charge in [0.2, 0.25) is 0 Å². The van der Waals surface area contributed by atoms with Crippen LogP contribution >= 0.6 is 0 Å². The van der Waals surface area contributed by atoms with E-state index in [0.29, 0.717) is 18.5 Å². The first-order chi connectivity index (χ1) is 7.15. The molecule has 0 aliphatic carbocycles. The van der Waals surface area contributed by atoms with Gasteiger partial charge in [-0.15, -0.1) is 0 Å². The maximum absolute atomic E-state index is 12.7. The predicted molar refractivity (Wildman–Crippen MR) is 49.7 cm³/mol. The van der Waals surface area contributed by atoms with Crippen molar-refractivity contribution in [3.63, 3.8) is 0 Å². The van der Waals surface area contributed by atoms with Crippen LogP contribution in [-0.4, -0.2) is 18.3 Å². The number of aliphatic hydroxyl groups is 1. The molecule has 0 radical (unpaired) electrons. The van der Waals surface area contributed by atoms with Crippen LogP contribution in [0.25, 0.3) is 0 Å². The van der Waals surface area contributed by atoms with Crippen LogP contribution in [0.2, 0.25) is 0 Å². The lowest BCUT2D eigenvalue weighted by Gasteiger charge is -2.04. The summed E-state index contributed by atoms with van der Waals surface area (Å²) in [5, 5.41) is 11.3. The minimum atomic E-state index is -1.45. The van der Waals surface area contributed by atoms with Crippen molar-refractivity contribution in [2.24, 2.45) is 0 Å². The van der Waals surface area contributed by atoms with Gasteiger partial charge in [-0.3, -0.25) is 0 Å². The Kier molecular flexibility index (Phi) is 4.58. The van der Waals surface area contributed by atoms with Crippen LogP contribution in [-0.2, 0) is 6.54 Å². The molecule has 0 bridgehead atoms. The van der Waals surface area contributed by atoms with E-state index in [9.17, 15) is 13.2 Å². The molecular formula is C10H12F3NO. The third-order valence-corrected chi connectivity index (χ3v) is 1.88. The summed E-state index contributed by atoms with van der Waals surface area (Å²) in [5.41, 5.74) is 0.337. The highest BCUT2D eigenvalue weighted by Crippen LogP contribution is 2.13. The van der Waals surface area contributed by atoms with Crippen molar-refractivity contribution in [1.29, 1.82) is 0 Å². The summed E-state index contributed by atoms with van der Waals surface area (Å²) in [4.78, 5) is 0. The van der Waals surface area contributed by atoms with Crippen LogP contribution < -0.4 is 5.32 Å². The summed E-state index contributed by atoms with van der Waals surface area (Å²) in [7, 11) is 0. The van der Waals surface area contributed by atoms with Crippen molar-refractivity contribution in [3.05, 3.63) is 35.1 Å². The van der Waals surface area contributed by atoms with Crippen LogP contribution in [0.4, 0.5) is 13.2 Å². The highest BCUT2D eigenvalue weighted by molar-refractivity contribution is 5.19. The lowest BCUT2D eigenvalue weighted by Crippen LogP contribution is -2.16. The Balaban J connectivity index is 2.55. The molecule has 1 aromatic rings. The SMILES string of the molecule is OCCCNCc1cc(F)c(F)c(F)c1. The molecule has 0 aliphatic rings. The maximum atomic E-state index is 12.7. The normalized spacial score (nSPS) is 10.7. The second kappa shape index (κ2) is 5.72. The van der Waals surface area contributed by atoms with Gasteiger partial charge in [-0.25, -0.2) is 13.2 Å². The van der Waals surface area contributed by atoms with E-state index in [1.807, 2.05) is 0 Å². The molecule has 0 aromatic heterocycles. The van der Waals surface area contributed by atoms with Gasteiger partial charge in [-0.05, 0) is 30.7 Å². The molecule has 0 saturated heterocycles. The Labute approximate surface area is 85.7 Å². The first-order valence-electron chi connectivity index (χ1n) is 4.60. The zero-order valence-electron chi connectivity index (χ0n) is 8.06. The Morgan fingerprint density at radius 3 is 2.27 bits per heavy atom. The lowest BCUT2D eigenvalue weighted by atomic mass is 10.2. The molecule has 0 spiro atoms. The number of nitrogens with one attached hydrogen (secondary N) is 1. The fourth-order valence-corrected chi connectivity index (χ4v) is 1.15. The van der Waals surface area contributed by atoms with Crippen molar-refractivity contribution in [2.45, 2.75) is 13.0 Å². The van der Waals surface area contributed by atoms with E-state index in [2.05, 4.69) is 5.32 Å². The first kappa shape index (κ1) is 12.0. The van der Waals surface area contributed by atoms with Gasteiger partial charge in [-0.2, -0.15) is 0 Å². The van der Waals surface area contributed by atoms with Gasteiger partial charge in [0.15, 0.2) is 17.5 Å². The van der Waals surface area contributed by atoms with Gasteiger partial charge in [0, 0.05) is 13.2 Å². The average molecular weight is 219 g/mol. The minimum Gasteiger partial charge on any atom is -0.396 e. The third-order valence-electron chi connectivity index (χ3n) is 1.88. The number of hydrogen-bond acceptors (Lipinski definition) is 2. The van der Waals surface area contributed by atoms with E-state index in [1.165, 1.54) is 0 Å². The van der Waals surface area contributed by atoms with Gasteiger partial charge in [-0.1, -0.05) is 0 Å². The van der Waals surface area contributed by atoms with Gasteiger partial charge in [0.25, 0.3) is 0 Å². The molecule has 15 heavy (non-hydrogen) atoms. The number of halogens is 3. The average Bonchev–Trinajstić information content (AvgIpc) is 2.21. The smallest absolute Gasteiger partial charge is 0.194 e. The summed E-state index contributed by atoms with van der Waals surface area (Å²) >= 11 is 0. The molecule has 1 aromatic carbocycles. The first-order valence-corrected chi connectivity index (χ1v) is 4.60. The van der Waals surface area contributed by atoms with E-state index in [-0.39, 0.29) is 13.2 Å². The van der Waals surface area contributed by atoms with Crippen molar-refractivity contribution in [2.75, 3.05) is 13.2 Å². The summed E-state index contributed by atoms with van der Waals surface area (Å²) in [5.74, 6) is -3.82. The molecule has 84 valence electrons. The quantitative estimate of drug-likeness (QED) is 0.582. The molecule has 5 heteroatoms. The van der Waals surface area contributed by atoms with E-state index >= 15 is 0 Å². The highest BCUT2D eigenvalue weighted by atomic mass is 19.2. The van der Waals surface area contributed by atoms with Gasteiger partial charge in [0.1, 0.15) is 0 Å². The summed E-state index contributed by atoms with van der Waals surface area (Å²) in [6.45, 7) is 0.838. The molecule has 0 amide bonds. The summed E-state index contributed by atoms with van der Waals surface area (Å²) in [6.07, 6.45) is 0.562. The van der Waals surface area contributed by atoms with Gasteiger partial charge >= 0.3 is 0 Å². The van der Waals surface area contributed by atoms with Crippen LogP contribution in [0.5, 0.6) is 0 Å². The van der Waals surface area contributed by atoms with E-state index < -0.39 is 17.5 Å². The standard InChI is InChI=1S/C10H12F3NO/c11-8-4-7(5-9(12)10(8)13)6-14-2-1-3-15/h4-5,14-15H,1-3,6H2. The second-order valence-corrected chi connectivity index (χ2v) is 3.13. The van der Waals surface area contributed by atoms with Gasteiger partial charge < -0.3 is 10.4 Å². The van der Waals surface area contributed by atoms with Crippen LogP contribution in [0.3, 0.4) is 0 Å². The Bertz CT molecular complexity index is 307. The van der Waals surface area contributed by atoms with Crippen molar-refractivity contribution in [3.8, 4) is 0 Å². The van der Waals surface area contributed by atoms with Crippen LogP contribution in [0.1, 0.15) is 12.0 Å². The van der Waals surface area contributed by atoms with Crippen LogP contribution in [0, 0.1) is 17.5 Å². The summed E-state index contributed by atoms with van der Waals surface area (Å²) in [6, 6.07) is 1.90. The minimum absolute atomic E-state index is 0.0547. The third kappa shape index (κ3) is 3.53. The molecule has 0 atom stereocenters. The fraction of sp³-hybridized carbons (Fsp3) is 0.400. The maximum Gasteiger partial charge on any atom is 0.194 e. The molecule has 0 unspecified atom stereocenters. The molecular weight excluding hydrogens is 207 g/mol. The zero-order chi connectivity index (χ0) is 11.3. The Hall–Kier alpha value is -1.07. The Morgan fingerprint density at radius 2 is 1.73 bits per heavy atom. The molecule has 0 saturated carbocycles. The Morgan fingerprint density at radius 1 is 1.13 bits per heavy atom. The van der Waals surface area contributed by atoms with Crippen LogP contribution in [0.15, 0.2) is 12.1 Å². The van der Waals surface area contributed by atoms with E-state index in [0.717, 1.165) is 12.1 Å². The molecule has 0 heterocycles. The fourth-order valence-electron chi connectivity index (χ4n) is 1.15. The summed E-state index contributed by atoms with van der Waals surface area (Å²) < 4.78 is 38.0. The monoisotopic (exact) mass is 219 g/mol. The second-order valence-electron chi connectivity index (χ2n) is 3.13. The number of benzene rings is 1. The van der Waals surface area contributed by atoms with Crippen molar-refractivity contribution >= 4 is 0 Å². The largest absolute Gasteiger partial charge is 0.396 e. The molecule has 0 fully saturated rings. The zero-order valence-corrected chi connectivity index (χ0v) is 8.06. The molecule has 2 N–H and O–H groups in total. The molecule has 1 rings (SSSR count). The van der Waals surface area contributed by atoms with Crippen molar-refractivity contribution in [1.82, 2.24) is 5.32 Å². The van der Waals surface area contributed by atoms with E-state index in [4.69, 9.17) is 5.11 Å². The number of aliphatic hydroxyl groups excluding tert-OH is 1. The topological polar surface area (TPSA) is 32.3 Å². The van der Waals surface area contributed by atoms with E-state index in [1.54, 1.807) is 0 Å².